The molecule has 1 N–H and O–H groups in total. The Bertz CT molecular complexity index is 783. The number of amides is 1. The van der Waals surface area contributed by atoms with Crippen molar-refractivity contribution in [2.45, 2.75) is 50.9 Å². The SMILES string of the molecule is Cc1ccc(OC2CCC(NC(=O)c3ccccc3C(F)(F)F)CC2)nc1. The van der Waals surface area contributed by atoms with E-state index in [-0.39, 0.29) is 17.7 Å². The lowest BCUT2D eigenvalue weighted by Crippen LogP contribution is -2.40. The third-order valence-electron chi connectivity index (χ3n) is 4.66. The molecular weight excluding hydrogens is 357 g/mol. The molecule has 4 nitrogen and oxygen atoms in total. The molecule has 1 amide bonds. The van der Waals surface area contributed by atoms with Gasteiger partial charge in [0.2, 0.25) is 5.88 Å². The molecule has 1 aromatic heterocycles. The quantitative estimate of drug-likeness (QED) is 0.851. The third kappa shape index (κ3) is 4.99. The summed E-state index contributed by atoms with van der Waals surface area (Å²) in [6, 6.07) is 8.42. The molecule has 2 aromatic rings. The average molecular weight is 378 g/mol. The van der Waals surface area contributed by atoms with E-state index in [0.717, 1.165) is 11.6 Å². The van der Waals surface area contributed by atoms with Crippen LogP contribution in [-0.4, -0.2) is 23.0 Å². The monoisotopic (exact) mass is 378 g/mol. The summed E-state index contributed by atoms with van der Waals surface area (Å²) in [4.78, 5) is 16.5. The van der Waals surface area contributed by atoms with Crippen molar-refractivity contribution in [2.24, 2.45) is 0 Å². The lowest BCUT2D eigenvalue weighted by atomic mass is 9.92. The maximum absolute atomic E-state index is 13.1. The number of nitrogens with zero attached hydrogens (tertiary/aromatic N) is 1. The molecule has 0 saturated heterocycles. The second-order valence-electron chi connectivity index (χ2n) is 6.78. The minimum Gasteiger partial charge on any atom is -0.474 e. The first-order valence-corrected chi connectivity index (χ1v) is 8.89. The number of benzene rings is 1. The van der Waals surface area contributed by atoms with Gasteiger partial charge in [0.15, 0.2) is 0 Å². The Morgan fingerprint density at radius 3 is 2.44 bits per heavy atom. The minimum atomic E-state index is -4.56. The second-order valence-corrected chi connectivity index (χ2v) is 6.78. The van der Waals surface area contributed by atoms with Crippen LogP contribution in [0.25, 0.3) is 0 Å². The number of rotatable bonds is 4. The third-order valence-corrected chi connectivity index (χ3v) is 4.66. The molecule has 3 rings (SSSR count). The maximum Gasteiger partial charge on any atom is 0.417 e. The first kappa shape index (κ1) is 19.2. The van der Waals surface area contributed by atoms with E-state index in [1.807, 2.05) is 19.1 Å². The van der Waals surface area contributed by atoms with E-state index in [0.29, 0.717) is 31.6 Å². The molecule has 144 valence electrons. The van der Waals surface area contributed by atoms with Crippen LogP contribution in [-0.2, 0) is 6.18 Å². The Hall–Kier alpha value is -2.57. The van der Waals surface area contributed by atoms with E-state index in [1.54, 1.807) is 6.20 Å². The highest BCUT2D eigenvalue weighted by atomic mass is 19.4. The zero-order valence-corrected chi connectivity index (χ0v) is 14.9. The van der Waals surface area contributed by atoms with Gasteiger partial charge in [0.05, 0.1) is 11.1 Å². The molecular formula is C20H21F3N2O2. The van der Waals surface area contributed by atoms with Crippen molar-refractivity contribution >= 4 is 5.91 Å². The van der Waals surface area contributed by atoms with E-state index in [9.17, 15) is 18.0 Å². The molecule has 27 heavy (non-hydrogen) atoms. The number of aromatic nitrogens is 1. The van der Waals surface area contributed by atoms with Crippen LogP contribution in [0.2, 0.25) is 0 Å². The molecule has 0 atom stereocenters. The van der Waals surface area contributed by atoms with Crippen molar-refractivity contribution in [2.75, 3.05) is 0 Å². The van der Waals surface area contributed by atoms with Gasteiger partial charge < -0.3 is 10.1 Å². The van der Waals surface area contributed by atoms with Gasteiger partial charge >= 0.3 is 6.18 Å². The maximum atomic E-state index is 13.1. The number of pyridine rings is 1. The van der Waals surface area contributed by atoms with Gasteiger partial charge in [0.1, 0.15) is 6.10 Å². The Kier molecular flexibility index (Phi) is 5.68. The topological polar surface area (TPSA) is 51.2 Å². The van der Waals surface area contributed by atoms with Gasteiger partial charge in [0.25, 0.3) is 5.91 Å². The van der Waals surface area contributed by atoms with Gasteiger partial charge in [0, 0.05) is 18.3 Å². The molecule has 1 heterocycles. The second kappa shape index (κ2) is 7.98. The summed E-state index contributed by atoms with van der Waals surface area (Å²) >= 11 is 0. The summed E-state index contributed by atoms with van der Waals surface area (Å²) in [6.07, 6.45) is -0.106. The summed E-state index contributed by atoms with van der Waals surface area (Å²) in [5, 5.41) is 2.73. The predicted octanol–water partition coefficient (Wildman–Crippen LogP) is 4.53. The highest BCUT2D eigenvalue weighted by Gasteiger charge is 2.35. The Labute approximate surface area is 155 Å². The van der Waals surface area contributed by atoms with Crippen molar-refractivity contribution in [3.05, 3.63) is 59.3 Å². The fourth-order valence-electron chi connectivity index (χ4n) is 3.21. The van der Waals surface area contributed by atoms with E-state index < -0.39 is 17.6 Å². The zero-order chi connectivity index (χ0) is 19.4. The first-order valence-electron chi connectivity index (χ1n) is 8.89. The van der Waals surface area contributed by atoms with Crippen LogP contribution in [0.3, 0.4) is 0 Å². The number of carbonyl (C=O) groups excluding carboxylic acids is 1. The van der Waals surface area contributed by atoms with E-state index in [4.69, 9.17) is 4.74 Å². The van der Waals surface area contributed by atoms with Crippen molar-refractivity contribution in [3.8, 4) is 5.88 Å². The predicted molar refractivity (Wildman–Crippen MR) is 94.6 cm³/mol. The molecule has 0 aliphatic heterocycles. The number of hydrogen-bond acceptors (Lipinski definition) is 3. The molecule has 1 saturated carbocycles. The largest absolute Gasteiger partial charge is 0.474 e. The smallest absolute Gasteiger partial charge is 0.417 e. The van der Waals surface area contributed by atoms with E-state index >= 15 is 0 Å². The summed E-state index contributed by atoms with van der Waals surface area (Å²) < 4.78 is 45.0. The van der Waals surface area contributed by atoms with Crippen LogP contribution in [0.1, 0.15) is 47.2 Å². The lowest BCUT2D eigenvalue weighted by Gasteiger charge is -2.29. The summed E-state index contributed by atoms with van der Waals surface area (Å²) in [5.41, 5.74) is -0.204. The van der Waals surface area contributed by atoms with Crippen LogP contribution >= 0.6 is 0 Å². The fourth-order valence-corrected chi connectivity index (χ4v) is 3.21. The Morgan fingerprint density at radius 2 is 1.81 bits per heavy atom. The molecule has 1 aliphatic rings. The zero-order valence-electron chi connectivity index (χ0n) is 14.9. The molecule has 1 aliphatic carbocycles. The van der Waals surface area contributed by atoms with Gasteiger partial charge in [-0.15, -0.1) is 0 Å². The van der Waals surface area contributed by atoms with Crippen LogP contribution < -0.4 is 10.1 Å². The van der Waals surface area contributed by atoms with Crippen LogP contribution in [0.5, 0.6) is 5.88 Å². The number of nitrogens with one attached hydrogen (secondary N) is 1. The number of halogens is 3. The van der Waals surface area contributed by atoms with Crippen molar-refractivity contribution in [1.82, 2.24) is 10.3 Å². The van der Waals surface area contributed by atoms with Gasteiger partial charge in [-0.2, -0.15) is 13.2 Å². The molecule has 7 heteroatoms. The van der Waals surface area contributed by atoms with Crippen LogP contribution in [0, 0.1) is 6.92 Å². The molecule has 0 bridgehead atoms. The molecule has 0 spiro atoms. The van der Waals surface area contributed by atoms with Crippen LogP contribution in [0.4, 0.5) is 13.2 Å². The highest BCUT2D eigenvalue weighted by Crippen LogP contribution is 2.32. The van der Waals surface area contributed by atoms with Gasteiger partial charge in [-0.25, -0.2) is 4.98 Å². The van der Waals surface area contributed by atoms with Gasteiger partial charge in [-0.1, -0.05) is 18.2 Å². The van der Waals surface area contributed by atoms with Gasteiger partial charge in [-0.3, -0.25) is 4.79 Å². The average Bonchev–Trinajstić information content (AvgIpc) is 2.64. The van der Waals surface area contributed by atoms with E-state index in [2.05, 4.69) is 10.3 Å². The van der Waals surface area contributed by atoms with E-state index in [1.165, 1.54) is 18.2 Å². The standard InChI is InChI=1S/C20H21F3N2O2/c1-13-6-11-18(24-12-13)27-15-9-7-14(8-10-15)25-19(26)16-4-2-3-5-17(16)20(21,22)23/h2-6,11-12,14-15H,7-10H2,1H3,(H,25,26). The molecule has 0 radical (unpaired) electrons. The van der Waals surface area contributed by atoms with Gasteiger partial charge in [-0.05, 0) is 50.3 Å². The lowest BCUT2D eigenvalue weighted by molar-refractivity contribution is -0.137. The molecule has 1 aromatic carbocycles. The highest BCUT2D eigenvalue weighted by molar-refractivity contribution is 5.96. The van der Waals surface area contributed by atoms with Crippen molar-refractivity contribution < 1.29 is 22.7 Å². The Morgan fingerprint density at radius 1 is 1.11 bits per heavy atom. The normalized spacial score (nSPS) is 20.1. The molecule has 0 unspecified atom stereocenters. The van der Waals surface area contributed by atoms with Crippen molar-refractivity contribution in [1.29, 1.82) is 0 Å². The summed E-state index contributed by atoms with van der Waals surface area (Å²) in [7, 11) is 0. The number of carbonyl (C=O) groups is 1. The van der Waals surface area contributed by atoms with Crippen molar-refractivity contribution in [3.63, 3.8) is 0 Å². The number of hydrogen-bond donors (Lipinski definition) is 1. The first-order chi connectivity index (χ1) is 12.8. The Balaban J connectivity index is 1.55. The fraction of sp³-hybridized carbons (Fsp3) is 0.400. The number of ether oxygens (including phenoxy) is 1. The van der Waals surface area contributed by atoms with Crippen LogP contribution in [0.15, 0.2) is 42.6 Å². The summed E-state index contributed by atoms with van der Waals surface area (Å²) in [6.45, 7) is 1.95. The minimum absolute atomic E-state index is 0.00387. The number of alkyl halides is 3. The summed E-state index contributed by atoms with van der Waals surface area (Å²) in [5.74, 6) is -0.125. The number of aryl methyl sites for hydroxylation is 1. The molecule has 1 fully saturated rings.